The van der Waals surface area contributed by atoms with E-state index in [4.69, 9.17) is 9.84 Å². The van der Waals surface area contributed by atoms with Crippen LogP contribution in [0.25, 0.3) is 11.1 Å². The third-order valence-electron chi connectivity index (χ3n) is 4.21. The molecule has 1 unspecified atom stereocenters. The predicted molar refractivity (Wildman–Crippen MR) is 122 cm³/mol. The van der Waals surface area contributed by atoms with Crippen molar-refractivity contribution in [3.8, 4) is 22.6 Å². The van der Waals surface area contributed by atoms with E-state index in [1.54, 1.807) is 0 Å². The van der Waals surface area contributed by atoms with Crippen molar-refractivity contribution in [2.24, 2.45) is 0 Å². The lowest BCUT2D eigenvalue weighted by Gasteiger charge is -2.03. The van der Waals surface area contributed by atoms with Crippen LogP contribution in [-0.4, -0.2) is 24.4 Å². The zero-order valence-corrected chi connectivity index (χ0v) is 16.8. The van der Waals surface area contributed by atoms with E-state index < -0.39 is 0 Å². The van der Waals surface area contributed by atoms with Crippen LogP contribution >= 0.6 is 0 Å². The second-order valence-electron chi connectivity index (χ2n) is 6.60. The molecule has 3 nitrogen and oxygen atoms in total. The highest BCUT2D eigenvalue weighted by Crippen LogP contribution is 2.19. The van der Waals surface area contributed by atoms with Crippen LogP contribution in [0.2, 0.25) is 0 Å². The summed E-state index contributed by atoms with van der Waals surface area (Å²) in [4.78, 5) is 0. The van der Waals surface area contributed by atoms with E-state index in [9.17, 15) is 0 Å². The molecule has 0 aliphatic carbocycles. The van der Waals surface area contributed by atoms with Gasteiger partial charge in [-0.2, -0.15) is 0 Å². The lowest BCUT2D eigenvalue weighted by Crippen LogP contribution is -1.88. The Balaban J connectivity index is 0.000000140. The van der Waals surface area contributed by atoms with Crippen molar-refractivity contribution in [1.82, 2.24) is 0 Å². The minimum absolute atomic E-state index is 0.190. The van der Waals surface area contributed by atoms with Gasteiger partial charge in [0.1, 0.15) is 17.6 Å². The molecule has 3 heteroatoms. The average molecular weight is 399 g/mol. The molecule has 1 N–H and O–H groups in total. The molecule has 0 spiro atoms. The molecule has 0 amide bonds. The first-order valence-electron chi connectivity index (χ1n) is 9.96. The van der Waals surface area contributed by atoms with Gasteiger partial charge < -0.3 is 14.6 Å². The standard InChI is InChI=1S/C12H10O.C12H10.C3H6O2/c1-3-7-11(8-4-1)13-12-9-5-2-6-10-12;1-3-7-11(8-4-1)12-9-5-2-6-10-12;4-1-3-2-5-3/h1-10H;1-10H;3-4H,1-2H2. The molecule has 0 saturated carbocycles. The molecule has 1 atom stereocenters. The molecular weight excluding hydrogens is 372 g/mol. The van der Waals surface area contributed by atoms with Crippen molar-refractivity contribution in [1.29, 1.82) is 0 Å². The van der Waals surface area contributed by atoms with Crippen molar-refractivity contribution >= 4 is 0 Å². The monoisotopic (exact) mass is 398 g/mol. The van der Waals surface area contributed by atoms with E-state index in [0.717, 1.165) is 18.1 Å². The van der Waals surface area contributed by atoms with Crippen molar-refractivity contribution in [2.45, 2.75) is 6.10 Å². The number of aliphatic hydroxyl groups is 1. The molecule has 4 aromatic rings. The van der Waals surface area contributed by atoms with Gasteiger partial charge in [-0.05, 0) is 35.4 Å². The van der Waals surface area contributed by atoms with Crippen LogP contribution in [0.15, 0.2) is 121 Å². The summed E-state index contributed by atoms with van der Waals surface area (Å²) >= 11 is 0. The van der Waals surface area contributed by atoms with E-state index in [0.29, 0.717) is 0 Å². The molecule has 0 bridgehead atoms. The van der Waals surface area contributed by atoms with Crippen LogP contribution in [-0.2, 0) is 4.74 Å². The normalized spacial score (nSPS) is 13.7. The fraction of sp³-hybridized carbons (Fsp3) is 0.111. The Morgan fingerprint density at radius 3 is 1.20 bits per heavy atom. The molecule has 1 saturated heterocycles. The highest BCUT2D eigenvalue weighted by atomic mass is 16.6. The van der Waals surface area contributed by atoms with Gasteiger partial charge >= 0.3 is 0 Å². The van der Waals surface area contributed by atoms with Crippen molar-refractivity contribution in [3.05, 3.63) is 121 Å². The molecular formula is C27H26O3. The van der Waals surface area contributed by atoms with E-state index in [2.05, 4.69) is 53.3 Å². The third-order valence-corrected chi connectivity index (χ3v) is 4.21. The van der Waals surface area contributed by atoms with Crippen LogP contribution in [0, 0.1) is 0 Å². The Morgan fingerprint density at radius 2 is 0.933 bits per heavy atom. The first-order valence-corrected chi connectivity index (χ1v) is 9.96. The zero-order chi connectivity index (χ0) is 20.9. The van der Waals surface area contributed by atoms with Gasteiger partial charge in [-0.1, -0.05) is 97.1 Å². The Labute approximate surface area is 178 Å². The summed E-state index contributed by atoms with van der Waals surface area (Å²) in [5.74, 6) is 1.74. The topological polar surface area (TPSA) is 42.0 Å². The second-order valence-corrected chi connectivity index (χ2v) is 6.60. The largest absolute Gasteiger partial charge is 0.457 e. The Hall–Kier alpha value is -3.40. The number of para-hydroxylation sites is 2. The molecule has 1 aliphatic heterocycles. The molecule has 1 aliphatic rings. The SMILES string of the molecule is OCC1CO1.c1ccc(-c2ccccc2)cc1.c1ccc(Oc2ccccc2)cc1. The molecule has 152 valence electrons. The first-order chi connectivity index (χ1) is 14.8. The van der Waals surface area contributed by atoms with Gasteiger partial charge in [0.25, 0.3) is 0 Å². The highest BCUT2D eigenvalue weighted by Gasteiger charge is 2.19. The second kappa shape index (κ2) is 12.2. The maximum Gasteiger partial charge on any atom is 0.127 e. The summed E-state index contributed by atoms with van der Waals surface area (Å²) in [7, 11) is 0. The Morgan fingerprint density at radius 1 is 0.600 bits per heavy atom. The maximum atomic E-state index is 8.08. The van der Waals surface area contributed by atoms with Gasteiger partial charge in [-0.25, -0.2) is 0 Å². The number of ether oxygens (including phenoxy) is 2. The third kappa shape index (κ3) is 7.92. The maximum absolute atomic E-state index is 8.08. The first kappa shape index (κ1) is 21.3. The van der Waals surface area contributed by atoms with Crippen LogP contribution in [0.1, 0.15) is 0 Å². The van der Waals surface area contributed by atoms with Gasteiger partial charge in [0.2, 0.25) is 0 Å². The van der Waals surface area contributed by atoms with E-state index in [1.807, 2.05) is 72.8 Å². The summed E-state index contributed by atoms with van der Waals surface area (Å²) < 4.78 is 10.2. The smallest absolute Gasteiger partial charge is 0.127 e. The fourth-order valence-electron chi connectivity index (χ4n) is 2.55. The van der Waals surface area contributed by atoms with Crippen LogP contribution < -0.4 is 4.74 Å². The molecule has 1 fully saturated rings. The molecule has 30 heavy (non-hydrogen) atoms. The Bertz CT molecular complexity index is 863. The lowest BCUT2D eigenvalue weighted by molar-refractivity contribution is 0.244. The molecule has 4 aromatic carbocycles. The van der Waals surface area contributed by atoms with E-state index in [1.165, 1.54) is 11.1 Å². The van der Waals surface area contributed by atoms with E-state index in [-0.39, 0.29) is 12.7 Å². The molecule has 0 radical (unpaired) electrons. The summed E-state index contributed by atoms with van der Waals surface area (Å²) in [5.41, 5.74) is 2.55. The molecule has 0 aromatic heterocycles. The van der Waals surface area contributed by atoms with Gasteiger partial charge in [0.05, 0.1) is 13.2 Å². The van der Waals surface area contributed by atoms with Gasteiger partial charge in [0, 0.05) is 0 Å². The summed E-state index contributed by atoms with van der Waals surface area (Å²) in [5, 5.41) is 8.08. The van der Waals surface area contributed by atoms with Crippen LogP contribution in [0.4, 0.5) is 0 Å². The van der Waals surface area contributed by atoms with Crippen LogP contribution in [0.3, 0.4) is 0 Å². The number of epoxide rings is 1. The van der Waals surface area contributed by atoms with Gasteiger partial charge in [-0.15, -0.1) is 0 Å². The van der Waals surface area contributed by atoms with Crippen molar-refractivity contribution in [2.75, 3.05) is 13.2 Å². The van der Waals surface area contributed by atoms with E-state index >= 15 is 0 Å². The van der Waals surface area contributed by atoms with Crippen molar-refractivity contribution < 1.29 is 14.6 Å². The fourth-order valence-corrected chi connectivity index (χ4v) is 2.55. The number of hydrogen-bond acceptors (Lipinski definition) is 3. The summed E-state index contributed by atoms with van der Waals surface area (Å²) in [6.45, 7) is 0.955. The zero-order valence-electron chi connectivity index (χ0n) is 16.8. The lowest BCUT2D eigenvalue weighted by atomic mass is 10.1. The number of rotatable bonds is 4. The molecule has 5 rings (SSSR count). The highest BCUT2D eigenvalue weighted by molar-refractivity contribution is 5.62. The minimum Gasteiger partial charge on any atom is -0.457 e. The predicted octanol–water partition coefficient (Wildman–Crippen LogP) is 6.21. The summed E-state index contributed by atoms with van der Waals surface area (Å²) in [6, 6.07) is 40.3. The Kier molecular flexibility index (Phi) is 8.68. The number of aliphatic hydroxyl groups excluding tert-OH is 1. The quantitative estimate of drug-likeness (QED) is 0.416. The number of hydrogen-bond donors (Lipinski definition) is 1. The molecule has 1 heterocycles. The van der Waals surface area contributed by atoms with Gasteiger partial charge in [-0.3, -0.25) is 0 Å². The average Bonchev–Trinajstić information content (AvgIpc) is 3.67. The van der Waals surface area contributed by atoms with Crippen molar-refractivity contribution in [3.63, 3.8) is 0 Å². The number of benzene rings is 4. The summed E-state index contributed by atoms with van der Waals surface area (Å²) in [6.07, 6.45) is 0.190. The van der Waals surface area contributed by atoms with Gasteiger partial charge in [0.15, 0.2) is 0 Å². The van der Waals surface area contributed by atoms with Crippen LogP contribution in [0.5, 0.6) is 11.5 Å². The minimum atomic E-state index is 0.190.